The second kappa shape index (κ2) is 6.68. The minimum Gasteiger partial charge on any atom is -0.504 e. The quantitative estimate of drug-likeness (QED) is 0.659. The Morgan fingerprint density at radius 3 is 2.17 bits per heavy atom. The van der Waals surface area contributed by atoms with Crippen LogP contribution in [0.2, 0.25) is 0 Å². The predicted octanol–water partition coefficient (Wildman–Crippen LogP) is 3.74. The first-order chi connectivity index (χ1) is 14.1. The first-order valence-corrected chi connectivity index (χ1v) is 9.90. The molecule has 5 rings (SSSR count). The van der Waals surface area contributed by atoms with Crippen molar-refractivity contribution in [1.29, 1.82) is 0 Å². The van der Waals surface area contributed by atoms with Crippen LogP contribution in [-0.4, -0.2) is 49.0 Å². The number of phenolic OH excluding ortho intramolecular Hbond substituents is 1. The van der Waals surface area contributed by atoms with Crippen LogP contribution in [0, 0.1) is 0 Å². The molecule has 1 saturated heterocycles. The van der Waals surface area contributed by atoms with Crippen molar-refractivity contribution in [2.45, 2.75) is 31.5 Å². The summed E-state index contributed by atoms with van der Waals surface area (Å²) in [5.41, 5.74) is 1.99. The van der Waals surface area contributed by atoms with Crippen LogP contribution in [0.3, 0.4) is 0 Å². The molecule has 2 aliphatic heterocycles. The van der Waals surface area contributed by atoms with E-state index < -0.39 is 6.10 Å². The molecule has 0 aliphatic carbocycles. The Morgan fingerprint density at radius 1 is 0.862 bits per heavy atom. The molecular weight excluding hydrogens is 370 g/mol. The van der Waals surface area contributed by atoms with Gasteiger partial charge < -0.3 is 24.4 Å². The van der Waals surface area contributed by atoms with E-state index in [0.717, 1.165) is 58.6 Å². The number of rotatable bonds is 3. The summed E-state index contributed by atoms with van der Waals surface area (Å²) in [7, 11) is 4.79. The number of hydrogen-bond donors (Lipinski definition) is 2. The maximum Gasteiger partial charge on any atom is 0.161 e. The molecule has 0 amide bonds. The summed E-state index contributed by atoms with van der Waals surface area (Å²) in [4.78, 5) is 2.36. The summed E-state index contributed by atoms with van der Waals surface area (Å²) in [6.07, 6.45) is 1.46. The lowest BCUT2D eigenvalue weighted by Gasteiger charge is -2.37. The molecule has 0 spiro atoms. The van der Waals surface area contributed by atoms with Crippen LogP contribution in [0.25, 0.3) is 21.5 Å². The van der Waals surface area contributed by atoms with Crippen molar-refractivity contribution in [1.82, 2.24) is 4.90 Å². The Labute approximate surface area is 169 Å². The van der Waals surface area contributed by atoms with Crippen LogP contribution in [-0.2, 0) is 6.54 Å². The van der Waals surface area contributed by atoms with Crippen molar-refractivity contribution in [3.63, 3.8) is 0 Å². The highest BCUT2D eigenvalue weighted by Crippen LogP contribution is 2.48. The number of hydrogen-bond acceptors (Lipinski definition) is 6. The topological polar surface area (TPSA) is 71.4 Å². The van der Waals surface area contributed by atoms with Crippen LogP contribution in [0.4, 0.5) is 0 Å². The number of methoxy groups -OCH3 is 3. The van der Waals surface area contributed by atoms with E-state index in [9.17, 15) is 10.2 Å². The van der Waals surface area contributed by atoms with E-state index in [1.807, 2.05) is 18.2 Å². The number of nitrogens with zero attached hydrogens (tertiary/aromatic N) is 1. The minimum atomic E-state index is -0.603. The van der Waals surface area contributed by atoms with Gasteiger partial charge in [0.25, 0.3) is 0 Å². The third-order valence-corrected chi connectivity index (χ3v) is 6.51. The molecule has 29 heavy (non-hydrogen) atoms. The lowest BCUT2D eigenvalue weighted by atomic mass is 9.83. The average molecular weight is 395 g/mol. The van der Waals surface area contributed by atoms with E-state index in [1.54, 1.807) is 20.3 Å². The highest BCUT2D eigenvalue weighted by Gasteiger charge is 2.39. The molecule has 6 nitrogen and oxygen atoms in total. The standard InChI is InChI=1S/C23H25NO5/c1-27-19-8-13-12-9-20(28-2)21(29-3)10-14(12)16-11-24-6-4-5-17(24)23(26)22(16)15(13)7-18(19)25/h7-10,17,23,25-26H,4-6,11H2,1-3H3. The molecule has 0 aromatic heterocycles. The maximum atomic E-state index is 11.3. The van der Waals surface area contributed by atoms with Gasteiger partial charge in [0.15, 0.2) is 23.0 Å². The highest BCUT2D eigenvalue weighted by molar-refractivity contribution is 6.13. The lowest BCUT2D eigenvalue weighted by molar-refractivity contribution is 0.0552. The van der Waals surface area contributed by atoms with Gasteiger partial charge in [-0.2, -0.15) is 0 Å². The molecule has 1 fully saturated rings. The Hall–Kier alpha value is -2.70. The lowest BCUT2D eigenvalue weighted by Crippen LogP contribution is -2.39. The van der Waals surface area contributed by atoms with Crippen molar-refractivity contribution in [3.8, 4) is 23.0 Å². The summed E-state index contributed by atoms with van der Waals surface area (Å²) in [6.45, 7) is 1.76. The van der Waals surface area contributed by atoms with Crippen molar-refractivity contribution in [2.75, 3.05) is 27.9 Å². The SMILES string of the molecule is COc1cc2c(cc1O)c1c(c3cc(OC)c(OC)cc32)CN2CCCC2C1O. The van der Waals surface area contributed by atoms with Gasteiger partial charge in [0.2, 0.25) is 0 Å². The molecule has 3 aromatic carbocycles. The number of ether oxygens (including phenoxy) is 3. The third-order valence-electron chi connectivity index (χ3n) is 6.51. The molecule has 2 aliphatic rings. The number of aliphatic hydroxyl groups excluding tert-OH is 1. The van der Waals surface area contributed by atoms with Crippen LogP contribution in [0.15, 0.2) is 24.3 Å². The van der Waals surface area contributed by atoms with Crippen molar-refractivity contribution < 1.29 is 24.4 Å². The minimum absolute atomic E-state index is 0.0723. The van der Waals surface area contributed by atoms with Gasteiger partial charge in [-0.1, -0.05) is 0 Å². The highest BCUT2D eigenvalue weighted by atomic mass is 16.5. The molecular formula is C23H25NO5. The molecule has 0 bridgehead atoms. The second-order valence-corrected chi connectivity index (χ2v) is 7.84. The maximum absolute atomic E-state index is 11.3. The number of aromatic hydroxyl groups is 1. The molecule has 2 unspecified atom stereocenters. The van der Waals surface area contributed by atoms with Gasteiger partial charge in [0.05, 0.1) is 27.4 Å². The smallest absolute Gasteiger partial charge is 0.161 e. The van der Waals surface area contributed by atoms with E-state index >= 15 is 0 Å². The second-order valence-electron chi connectivity index (χ2n) is 7.84. The monoisotopic (exact) mass is 395 g/mol. The van der Waals surface area contributed by atoms with Crippen molar-refractivity contribution in [2.24, 2.45) is 0 Å². The summed E-state index contributed by atoms with van der Waals surface area (Å²) in [5, 5.41) is 25.6. The number of phenols is 1. The van der Waals surface area contributed by atoms with Crippen molar-refractivity contribution in [3.05, 3.63) is 35.4 Å². The van der Waals surface area contributed by atoms with Crippen LogP contribution in [0.1, 0.15) is 30.1 Å². The van der Waals surface area contributed by atoms with Gasteiger partial charge in [0.1, 0.15) is 0 Å². The number of benzene rings is 3. The van der Waals surface area contributed by atoms with E-state index in [-0.39, 0.29) is 11.8 Å². The van der Waals surface area contributed by atoms with Gasteiger partial charge in [-0.15, -0.1) is 0 Å². The molecule has 152 valence electrons. The van der Waals surface area contributed by atoms with E-state index in [1.165, 1.54) is 7.11 Å². The first kappa shape index (κ1) is 18.3. The normalized spacial score (nSPS) is 21.2. The Balaban J connectivity index is 1.94. The molecule has 2 atom stereocenters. The molecule has 2 N–H and O–H groups in total. The van der Waals surface area contributed by atoms with Gasteiger partial charge in [-0.3, -0.25) is 4.90 Å². The molecule has 2 heterocycles. The molecule has 0 radical (unpaired) electrons. The summed E-state index contributed by atoms with van der Waals surface area (Å²) in [5.74, 6) is 1.78. The Kier molecular flexibility index (Phi) is 4.22. The van der Waals surface area contributed by atoms with Gasteiger partial charge >= 0.3 is 0 Å². The number of aliphatic hydroxyl groups is 1. The van der Waals surface area contributed by atoms with E-state index in [0.29, 0.717) is 17.2 Å². The summed E-state index contributed by atoms with van der Waals surface area (Å²) < 4.78 is 16.5. The van der Waals surface area contributed by atoms with Crippen LogP contribution < -0.4 is 14.2 Å². The van der Waals surface area contributed by atoms with Crippen molar-refractivity contribution >= 4 is 21.5 Å². The van der Waals surface area contributed by atoms with Gasteiger partial charge in [-0.05, 0) is 76.3 Å². The number of fused-ring (bicyclic) bond motifs is 7. The fourth-order valence-corrected chi connectivity index (χ4v) is 5.15. The predicted molar refractivity (Wildman–Crippen MR) is 111 cm³/mol. The fraction of sp³-hybridized carbons (Fsp3) is 0.391. The van der Waals surface area contributed by atoms with E-state index in [2.05, 4.69) is 4.90 Å². The van der Waals surface area contributed by atoms with Crippen LogP contribution >= 0.6 is 0 Å². The molecule has 3 aromatic rings. The zero-order chi connectivity index (χ0) is 20.3. The summed E-state index contributed by atoms with van der Waals surface area (Å²) >= 11 is 0. The molecule has 0 saturated carbocycles. The third kappa shape index (κ3) is 2.56. The summed E-state index contributed by atoms with van der Waals surface area (Å²) in [6, 6.07) is 7.64. The zero-order valence-electron chi connectivity index (χ0n) is 16.9. The largest absolute Gasteiger partial charge is 0.504 e. The fourth-order valence-electron chi connectivity index (χ4n) is 5.15. The average Bonchev–Trinajstić information content (AvgIpc) is 3.21. The van der Waals surface area contributed by atoms with E-state index in [4.69, 9.17) is 14.2 Å². The van der Waals surface area contributed by atoms with Gasteiger partial charge in [0, 0.05) is 12.6 Å². The zero-order valence-corrected chi connectivity index (χ0v) is 16.9. The van der Waals surface area contributed by atoms with Crippen LogP contribution in [0.5, 0.6) is 23.0 Å². The Bertz CT molecular complexity index is 1130. The molecule has 6 heteroatoms. The first-order valence-electron chi connectivity index (χ1n) is 9.90. The van der Waals surface area contributed by atoms with Gasteiger partial charge in [-0.25, -0.2) is 0 Å². The Morgan fingerprint density at radius 2 is 1.48 bits per heavy atom.